The number of para-hydroxylation sites is 2. The van der Waals surface area contributed by atoms with Gasteiger partial charge in [-0.2, -0.15) is 0 Å². The van der Waals surface area contributed by atoms with Gasteiger partial charge < -0.3 is 24.0 Å². The van der Waals surface area contributed by atoms with Crippen molar-refractivity contribution in [2.45, 2.75) is 44.4 Å². The van der Waals surface area contributed by atoms with Crippen molar-refractivity contribution in [3.8, 4) is 28.4 Å². The van der Waals surface area contributed by atoms with Crippen LogP contribution in [0.15, 0.2) is 206 Å². The lowest BCUT2D eigenvalue weighted by molar-refractivity contribution is -0.131. The number of nitrogens with zero attached hydrogens (tertiary/aromatic N) is 2. The van der Waals surface area contributed by atoms with E-state index in [1.54, 1.807) is 7.11 Å². The highest BCUT2D eigenvalue weighted by Gasteiger charge is 2.36. The lowest BCUT2D eigenvalue weighted by atomic mass is 9.65. The van der Waals surface area contributed by atoms with Gasteiger partial charge in [0.05, 0.1) is 12.7 Å². The second-order valence-electron chi connectivity index (χ2n) is 16.4. The minimum atomic E-state index is -0.422. The van der Waals surface area contributed by atoms with E-state index in [0.717, 1.165) is 82.2 Å². The van der Waals surface area contributed by atoms with Crippen molar-refractivity contribution >= 4 is 46.1 Å². The van der Waals surface area contributed by atoms with Crippen LogP contribution in [-0.4, -0.2) is 19.0 Å². The van der Waals surface area contributed by atoms with E-state index in [9.17, 15) is 9.59 Å². The largest absolute Gasteiger partial charge is 0.497 e. The first kappa shape index (κ1) is 42.4. The molecule has 0 unspecified atom stereocenters. The molecule has 65 heavy (non-hydrogen) atoms. The van der Waals surface area contributed by atoms with Crippen molar-refractivity contribution in [1.82, 2.24) is 0 Å². The van der Waals surface area contributed by atoms with E-state index in [2.05, 4.69) is 113 Å². The number of carbonyl (C=O) groups is 2. The zero-order valence-electron chi connectivity index (χ0n) is 36.6. The number of benzene rings is 8. The molecule has 0 heterocycles. The minimum Gasteiger partial charge on any atom is -0.497 e. The molecule has 1 aliphatic rings. The van der Waals surface area contributed by atoms with Gasteiger partial charge in [-0.3, -0.25) is 4.79 Å². The standard InChI is InChI=1S/C58H50N2O5/c1-42(61)64-54-36-30-47(31-37-54)58(38-10-5-11-39-58)46-28-22-45(23-29-46)57(62)65-56-21-13-19-53(41-56)60(49-16-8-4-9-17-49)51-34-26-44(27-35-51)43-24-32-50(33-25-43)59(48-14-6-3-7-15-48)52-18-12-20-55(40-52)63-2/h3-4,6-9,12-37,40-41H,5,10-11,38-39H2,1-2H3. The number of anilines is 6. The number of methoxy groups -OCH3 is 1. The average Bonchev–Trinajstić information content (AvgIpc) is 3.36. The Morgan fingerprint density at radius 2 is 0.877 bits per heavy atom. The van der Waals surface area contributed by atoms with Gasteiger partial charge in [-0.1, -0.05) is 116 Å². The fourth-order valence-corrected chi connectivity index (χ4v) is 9.09. The number of hydrogen-bond donors (Lipinski definition) is 0. The molecule has 7 nitrogen and oxygen atoms in total. The fraction of sp³-hybridized carbons (Fsp3) is 0.138. The number of ether oxygens (including phenoxy) is 3. The summed E-state index contributed by atoms with van der Waals surface area (Å²) in [6.45, 7) is 1.41. The Morgan fingerprint density at radius 1 is 0.431 bits per heavy atom. The fourth-order valence-electron chi connectivity index (χ4n) is 9.09. The first-order valence-corrected chi connectivity index (χ1v) is 22.1. The van der Waals surface area contributed by atoms with E-state index >= 15 is 0 Å². The van der Waals surface area contributed by atoms with Gasteiger partial charge in [0, 0.05) is 58.6 Å². The van der Waals surface area contributed by atoms with Crippen molar-refractivity contribution in [2.75, 3.05) is 16.9 Å². The SMILES string of the molecule is COc1cccc(N(c2ccccc2)c2ccc(-c3ccc(N(c4ccccc4)c4cccc(OC(=O)c5ccc(C6(c7ccc(OC(C)=O)cc7)CCCCC6)cc5)c4)cc3)cc2)c1. The number of rotatable bonds is 13. The lowest BCUT2D eigenvalue weighted by Gasteiger charge is -2.38. The molecular weight excluding hydrogens is 805 g/mol. The third kappa shape index (κ3) is 9.41. The summed E-state index contributed by atoms with van der Waals surface area (Å²) in [4.78, 5) is 29.6. The van der Waals surface area contributed by atoms with Crippen LogP contribution in [0.25, 0.3) is 11.1 Å². The average molecular weight is 855 g/mol. The molecule has 8 aromatic rings. The van der Waals surface area contributed by atoms with Crippen molar-refractivity contribution in [3.05, 3.63) is 223 Å². The minimum absolute atomic E-state index is 0.185. The maximum atomic E-state index is 13.7. The van der Waals surface area contributed by atoms with E-state index in [1.165, 1.54) is 18.9 Å². The molecule has 1 saturated carbocycles. The molecule has 0 aliphatic heterocycles. The molecule has 0 bridgehead atoms. The normalized spacial score (nSPS) is 13.0. The Balaban J connectivity index is 0.940. The first-order chi connectivity index (χ1) is 31.9. The lowest BCUT2D eigenvalue weighted by Crippen LogP contribution is -2.30. The number of esters is 2. The van der Waals surface area contributed by atoms with Gasteiger partial charge >= 0.3 is 11.9 Å². The summed E-state index contributed by atoms with van der Waals surface area (Å²) in [5, 5.41) is 0. The highest BCUT2D eigenvalue weighted by Crippen LogP contribution is 2.46. The molecule has 9 rings (SSSR count). The van der Waals surface area contributed by atoms with Crippen LogP contribution >= 0.6 is 0 Å². The van der Waals surface area contributed by atoms with Crippen molar-refractivity contribution in [2.24, 2.45) is 0 Å². The molecule has 0 radical (unpaired) electrons. The molecule has 0 amide bonds. The van der Waals surface area contributed by atoms with Crippen molar-refractivity contribution in [3.63, 3.8) is 0 Å². The second kappa shape index (κ2) is 19.2. The van der Waals surface area contributed by atoms with Crippen LogP contribution in [0.4, 0.5) is 34.1 Å². The summed E-state index contributed by atoms with van der Waals surface area (Å²) in [7, 11) is 1.69. The molecule has 8 aromatic carbocycles. The predicted octanol–water partition coefficient (Wildman–Crippen LogP) is 14.7. The number of carbonyl (C=O) groups excluding carboxylic acids is 2. The quantitative estimate of drug-likeness (QED) is 0.0845. The Kier molecular flexibility index (Phi) is 12.5. The van der Waals surface area contributed by atoms with Crippen LogP contribution in [0.1, 0.15) is 60.5 Å². The molecule has 7 heteroatoms. The van der Waals surface area contributed by atoms with Gasteiger partial charge in [-0.15, -0.1) is 0 Å². The van der Waals surface area contributed by atoms with Crippen LogP contribution < -0.4 is 24.0 Å². The van der Waals surface area contributed by atoms with E-state index in [-0.39, 0.29) is 11.4 Å². The first-order valence-electron chi connectivity index (χ1n) is 22.1. The third-order valence-corrected chi connectivity index (χ3v) is 12.3. The maximum Gasteiger partial charge on any atom is 0.343 e. The summed E-state index contributed by atoms with van der Waals surface area (Å²) in [5.41, 5.74) is 10.7. The predicted molar refractivity (Wildman–Crippen MR) is 261 cm³/mol. The van der Waals surface area contributed by atoms with Crippen LogP contribution in [-0.2, 0) is 10.2 Å². The Morgan fingerprint density at radius 3 is 1.37 bits per heavy atom. The Hall–Kier alpha value is -7.90. The Labute approximate surface area is 381 Å². The topological polar surface area (TPSA) is 68.3 Å². The van der Waals surface area contributed by atoms with Crippen molar-refractivity contribution in [1.29, 1.82) is 0 Å². The third-order valence-electron chi connectivity index (χ3n) is 12.3. The summed E-state index contributed by atoms with van der Waals surface area (Å²) < 4.78 is 16.9. The highest BCUT2D eigenvalue weighted by molar-refractivity contribution is 5.91. The maximum absolute atomic E-state index is 13.7. The molecule has 1 fully saturated rings. The van der Waals surface area contributed by atoms with E-state index < -0.39 is 5.97 Å². The van der Waals surface area contributed by atoms with Gasteiger partial charge in [0.25, 0.3) is 0 Å². The summed E-state index contributed by atoms with van der Waals surface area (Å²) in [5.74, 6) is 1.02. The highest BCUT2D eigenvalue weighted by atomic mass is 16.5. The van der Waals surface area contributed by atoms with Gasteiger partial charge in [0.1, 0.15) is 17.2 Å². The Bertz CT molecular complexity index is 2860. The molecule has 0 atom stereocenters. The van der Waals surface area contributed by atoms with Crippen molar-refractivity contribution < 1.29 is 23.8 Å². The molecule has 0 saturated heterocycles. The zero-order chi connectivity index (χ0) is 44.6. The van der Waals surface area contributed by atoms with Gasteiger partial charge in [0.15, 0.2) is 0 Å². The molecular formula is C58H50N2O5. The number of hydrogen-bond acceptors (Lipinski definition) is 7. The summed E-state index contributed by atoms with van der Waals surface area (Å²) in [6.07, 6.45) is 5.43. The summed E-state index contributed by atoms with van der Waals surface area (Å²) >= 11 is 0. The van der Waals surface area contributed by atoms with E-state index in [1.807, 2.05) is 103 Å². The van der Waals surface area contributed by atoms with Crippen LogP contribution in [0.5, 0.6) is 17.2 Å². The van der Waals surface area contributed by atoms with Crippen LogP contribution in [0, 0.1) is 0 Å². The van der Waals surface area contributed by atoms with Crippen LogP contribution in [0.3, 0.4) is 0 Å². The summed E-state index contributed by atoms with van der Waals surface area (Å²) in [6, 6.07) is 69.1. The van der Waals surface area contributed by atoms with Crippen LogP contribution in [0.2, 0.25) is 0 Å². The second-order valence-corrected chi connectivity index (χ2v) is 16.4. The molecule has 1 aliphatic carbocycles. The molecule has 0 aromatic heterocycles. The molecule has 322 valence electrons. The van der Waals surface area contributed by atoms with Gasteiger partial charge in [-0.05, 0) is 132 Å². The van der Waals surface area contributed by atoms with Gasteiger partial charge in [-0.25, -0.2) is 4.79 Å². The van der Waals surface area contributed by atoms with E-state index in [0.29, 0.717) is 17.1 Å². The van der Waals surface area contributed by atoms with E-state index in [4.69, 9.17) is 14.2 Å². The zero-order valence-corrected chi connectivity index (χ0v) is 36.6. The molecule has 0 N–H and O–H groups in total. The van der Waals surface area contributed by atoms with Gasteiger partial charge in [0.2, 0.25) is 0 Å². The monoisotopic (exact) mass is 854 g/mol. The smallest absolute Gasteiger partial charge is 0.343 e. The molecule has 0 spiro atoms.